The molecule has 0 spiro atoms. The van der Waals surface area contributed by atoms with E-state index in [1.165, 1.54) is 0 Å². The molecule has 0 bridgehead atoms. The molecule has 0 amide bonds. The van der Waals surface area contributed by atoms with Gasteiger partial charge in [0.25, 0.3) is 0 Å². The van der Waals surface area contributed by atoms with Crippen LogP contribution < -0.4 is 9.64 Å². The van der Waals surface area contributed by atoms with E-state index in [9.17, 15) is 5.11 Å². The van der Waals surface area contributed by atoms with Crippen molar-refractivity contribution in [3.63, 3.8) is 0 Å². The van der Waals surface area contributed by atoms with E-state index in [-0.39, 0.29) is 17.6 Å². The van der Waals surface area contributed by atoms with Crippen molar-refractivity contribution < 1.29 is 9.84 Å². The molecule has 19 heavy (non-hydrogen) atoms. The lowest BCUT2D eigenvalue weighted by molar-refractivity contribution is 0.0349. The number of piperidine rings is 1. The Morgan fingerprint density at radius 2 is 2.00 bits per heavy atom. The standard InChI is InChI=1S/C16H25NO2/c1-12(2)19-14-8-6-5-7-13(14)17-10-9-16(3,4)15(18)11-17/h5-8,12,15,18H,9-11H2,1-4H3. The van der Waals surface area contributed by atoms with Crippen molar-refractivity contribution in [2.45, 2.75) is 46.3 Å². The van der Waals surface area contributed by atoms with Crippen LogP contribution in [0.3, 0.4) is 0 Å². The summed E-state index contributed by atoms with van der Waals surface area (Å²) in [5.41, 5.74) is 1.09. The van der Waals surface area contributed by atoms with Gasteiger partial charge in [-0.25, -0.2) is 0 Å². The fraction of sp³-hybridized carbons (Fsp3) is 0.625. The van der Waals surface area contributed by atoms with Gasteiger partial charge >= 0.3 is 0 Å². The van der Waals surface area contributed by atoms with Crippen LogP contribution in [0.5, 0.6) is 5.75 Å². The number of aliphatic hydroxyl groups excluding tert-OH is 1. The lowest BCUT2D eigenvalue weighted by Gasteiger charge is -2.42. The summed E-state index contributed by atoms with van der Waals surface area (Å²) < 4.78 is 5.86. The van der Waals surface area contributed by atoms with Gasteiger partial charge in [0.05, 0.1) is 17.9 Å². The molecule has 1 atom stereocenters. The first kappa shape index (κ1) is 14.2. The van der Waals surface area contributed by atoms with Crippen molar-refractivity contribution in [3.05, 3.63) is 24.3 Å². The maximum atomic E-state index is 10.3. The van der Waals surface area contributed by atoms with E-state index in [0.29, 0.717) is 6.54 Å². The van der Waals surface area contributed by atoms with Crippen LogP contribution in [0.25, 0.3) is 0 Å². The minimum atomic E-state index is -0.298. The van der Waals surface area contributed by atoms with E-state index < -0.39 is 0 Å². The summed E-state index contributed by atoms with van der Waals surface area (Å²) in [6.07, 6.45) is 0.852. The highest BCUT2D eigenvalue weighted by Crippen LogP contribution is 2.36. The number of anilines is 1. The molecular formula is C16H25NO2. The van der Waals surface area contributed by atoms with Crippen LogP contribution in [0.1, 0.15) is 34.1 Å². The van der Waals surface area contributed by atoms with Gasteiger partial charge in [0.15, 0.2) is 0 Å². The first-order valence-corrected chi connectivity index (χ1v) is 7.09. The van der Waals surface area contributed by atoms with Crippen LogP contribution in [0.15, 0.2) is 24.3 Å². The molecule has 106 valence electrons. The van der Waals surface area contributed by atoms with Crippen molar-refractivity contribution in [2.24, 2.45) is 5.41 Å². The summed E-state index contributed by atoms with van der Waals surface area (Å²) in [6, 6.07) is 8.09. The fourth-order valence-electron chi connectivity index (χ4n) is 2.43. The third-order valence-corrected chi connectivity index (χ3v) is 3.89. The molecule has 1 aromatic rings. The van der Waals surface area contributed by atoms with Crippen LogP contribution in [0, 0.1) is 5.41 Å². The van der Waals surface area contributed by atoms with Gasteiger partial charge in [-0.05, 0) is 37.8 Å². The maximum Gasteiger partial charge on any atom is 0.142 e. The van der Waals surface area contributed by atoms with Crippen molar-refractivity contribution in [2.75, 3.05) is 18.0 Å². The molecular weight excluding hydrogens is 238 g/mol. The second-order valence-electron chi connectivity index (χ2n) is 6.33. The zero-order valence-corrected chi connectivity index (χ0v) is 12.4. The molecule has 1 aliphatic heterocycles. The fourth-order valence-corrected chi connectivity index (χ4v) is 2.43. The average molecular weight is 263 g/mol. The Morgan fingerprint density at radius 3 is 2.63 bits per heavy atom. The van der Waals surface area contributed by atoms with Gasteiger partial charge in [-0.2, -0.15) is 0 Å². The molecule has 1 aliphatic rings. The van der Waals surface area contributed by atoms with Gasteiger partial charge in [0, 0.05) is 13.1 Å². The highest BCUT2D eigenvalue weighted by atomic mass is 16.5. The molecule has 3 heteroatoms. The molecule has 1 N–H and O–H groups in total. The molecule has 3 nitrogen and oxygen atoms in total. The number of para-hydroxylation sites is 2. The molecule has 1 unspecified atom stereocenters. The highest BCUT2D eigenvalue weighted by Gasteiger charge is 2.34. The third kappa shape index (κ3) is 3.21. The largest absolute Gasteiger partial charge is 0.489 e. The van der Waals surface area contributed by atoms with Crippen LogP contribution in [-0.2, 0) is 0 Å². The summed E-state index contributed by atoms with van der Waals surface area (Å²) in [7, 11) is 0. The Hall–Kier alpha value is -1.22. The molecule has 1 aromatic carbocycles. The number of benzene rings is 1. The van der Waals surface area contributed by atoms with Gasteiger partial charge in [-0.15, -0.1) is 0 Å². The Labute approximate surface area is 116 Å². The average Bonchev–Trinajstić information content (AvgIpc) is 2.33. The Balaban J connectivity index is 2.19. The molecule has 0 saturated carbocycles. The summed E-state index contributed by atoms with van der Waals surface area (Å²) in [6.45, 7) is 9.96. The first-order valence-electron chi connectivity index (χ1n) is 7.09. The van der Waals surface area contributed by atoms with E-state index in [1.54, 1.807) is 0 Å². The number of β-amino-alcohol motifs (C(OH)–C–C–N with tert-alkyl or cyclic N) is 1. The number of aliphatic hydroxyl groups is 1. The molecule has 0 aromatic heterocycles. The number of ether oxygens (including phenoxy) is 1. The molecule has 2 rings (SSSR count). The Bertz CT molecular complexity index is 429. The second-order valence-corrected chi connectivity index (χ2v) is 6.33. The first-order chi connectivity index (χ1) is 8.90. The highest BCUT2D eigenvalue weighted by molar-refractivity contribution is 5.59. The Morgan fingerprint density at radius 1 is 1.32 bits per heavy atom. The zero-order chi connectivity index (χ0) is 14.0. The number of nitrogens with zero attached hydrogens (tertiary/aromatic N) is 1. The maximum absolute atomic E-state index is 10.3. The van der Waals surface area contributed by atoms with Crippen LogP contribution >= 0.6 is 0 Å². The van der Waals surface area contributed by atoms with Crippen LogP contribution in [0.4, 0.5) is 5.69 Å². The van der Waals surface area contributed by atoms with Gasteiger partial charge in [-0.1, -0.05) is 26.0 Å². The van der Waals surface area contributed by atoms with Crippen LogP contribution in [-0.4, -0.2) is 30.4 Å². The van der Waals surface area contributed by atoms with Gasteiger partial charge in [0.2, 0.25) is 0 Å². The van der Waals surface area contributed by atoms with E-state index in [2.05, 4.69) is 24.8 Å². The van der Waals surface area contributed by atoms with E-state index in [4.69, 9.17) is 4.74 Å². The van der Waals surface area contributed by atoms with Crippen LogP contribution in [0.2, 0.25) is 0 Å². The van der Waals surface area contributed by atoms with Crippen molar-refractivity contribution in [1.82, 2.24) is 0 Å². The number of hydrogen-bond donors (Lipinski definition) is 1. The van der Waals surface area contributed by atoms with Gasteiger partial charge < -0.3 is 14.7 Å². The van der Waals surface area contributed by atoms with Crippen molar-refractivity contribution in [3.8, 4) is 5.75 Å². The summed E-state index contributed by atoms with van der Waals surface area (Å²) >= 11 is 0. The lowest BCUT2D eigenvalue weighted by Crippen LogP contribution is -2.48. The summed E-state index contributed by atoms with van der Waals surface area (Å²) in [5.74, 6) is 0.907. The van der Waals surface area contributed by atoms with Crippen molar-refractivity contribution in [1.29, 1.82) is 0 Å². The normalized spacial score (nSPS) is 22.6. The monoisotopic (exact) mass is 263 g/mol. The quantitative estimate of drug-likeness (QED) is 0.909. The topological polar surface area (TPSA) is 32.7 Å². The molecule has 0 radical (unpaired) electrons. The minimum Gasteiger partial charge on any atom is -0.489 e. The van der Waals surface area contributed by atoms with Gasteiger partial charge in [0.1, 0.15) is 5.75 Å². The smallest absolute Gasteiger partial charge is 0.142 e. The molecule has 1 fully saturated rings. The van der Waals surface area contributed by atoms with Gasteiger partial charge in [-0.3, -0.25) is 0 Å². The SMILES string of the molecule is CC(C)Oc1ccccc1N1CCC(C)(C)C(O)C1. The predicted octanol–water partition coefficient (Wildman–Crippen LogP) is 3.07. The Kier molecular flexibility index (Phi) is 4.04. The van der Waals surface area contributed by atoms with E-state index in [0.717, 1.165) is 24.4 Å². The van der Waals surface area contributed by atoms with E-state index >= 15 is 0 Å². The lowest BCUT2D eigenvalue weighted by atomic mass is 9.80. The molecule has 1 heterocycles. The second kappa shape index (κ2) is 5.41. The summed E-state index contributed by atoms with van der Waals surface area (Å²) in [5, 5.41) is 10.3. The molecule has 0 aliphatic carbocycles. The van der Waals surface area contributed by atoms with E-state index in [1.807, 2.05) is 32.0 Å². The minimum absolute atomic E-state index is 0.00431. The number of hydrogen-bond acceptors (Lipinski definition) is 3. The van der Waals surface area contributed by atoms with Crippen molar-refractivity contribution >= 4 is 5.69 Å². The summed E-state index contributed by atoms with van der Waals surface area (Å²) in [4.78, 5) is 2.23. The molecule has 1 saturated heterocycles. The third-order valence-electron chi connectivity index (χ3n) is 3.89. The number of rotatable bonds is 3. The predicted molar refractivity (Wildman–Crippen MR) is 78.8 cm³/mol. The zero-order valence-electron chi connectivity index (χ0n) is 12.4.